The number of benzene rings is 1. The normalized spacial score (nSPS) is 20.2. The number of carbonyl (C=O) groups excluding carboxylic acids is 3. The van der Waals surface area contributed by atoms with E-state index in [4.69, 9.17) is 5.14 Å². The minimum atomic E-state index is -3.88. The van der Waals surface area contributed by atoms with E-state index in [2.05, 4.69) is 0 Å². The van der Waals surface area contributed by atoms with Crippen molar-refractivity contribution in [2.24, 2.45) is 5.14 Å². The van der Waals surface area contributed by atoms with E-state index in [1.165, 1.54) is 35.6 Å². The number of rotatable bonds is 5. The molecule has 2 aliphatic rings. The number of amides is 3. The molecule has 1 aromatic carbocycles. The van der Waals surface area contributed by atoms with Crippen molar-refractivity contribution in [2.45, 2.75) is 49.1 Å². The first kappa shape index (κ1) is 20.7. The second-order valence-corrected chi connectivity index (χ2v) is 9.96. The summed E-state index contributed by atoms with van der Waals surface area (Å²) in [5.74, 6) is -1.12. The lowest BCUT2D eigenvalue weighted by molar-refractivity contribution is -0.123. The van der Waals surface area contributed by atoms with Crippen LogP contribution in [0, 0.1) is 0 Å². The van der Waals surface area contributed by atoms with Gasteiger partial charge in [0.05, 0.1) is 21.9 Å². The predicted molar refractivity (Wildman–Crippen MR) is 111 cm³/mol. The highest BCUT2D eigenvalue weighted by molar-refractivity contribution is 7.89. The molecule has 1 aliphatic heterocycles. The number of sulfonamides is 1. The highest BCUT2D eigenvalue weighted by Crippen LogP contribution is 2.33. The van der Waals surface area contributed by atoms with Crippen LogP contribution in [0.2, 0.25) is 0 Å². The van der Waals surface area contributed by atoms with Crippen LogP contribution in [0.4, 0.5) is 5.69 Å². The van der Waals surface area contributed by atoms with Crippen molar-refractivity contribution >= 4 is 44.8 Å². The molecule has 1 unspecified atom stereocenters. The Morgan fingerprint density at radius 2 is 1.77 bits per heavy atom. The van der Waals surface area contributed by atoms with E-state index in [0.29, 0.717) is 4.88 Å². The summed E-state index contributed by atoms with van der Waals surface area (Å²) < 4.78 is 22.9. The van der Waals surface area contributed by atoms with Gasteiger partial charge in [-0.1, -0.05) is 18.9 Å². The van der Waals surface area contributed by atoms with Gasteiger partial charge in [-0.15, -0.1) is 11.3 Å². The molecule has 4 rings (SSSR count). The molecule has 8 nitrogen and oxygen atoms in total. The third-order valence-corrected chi connectivity index (χ3v) is 7.35. The van der Waals surface area contributed by atoms with Crippen molar-refractivity contribution in [3.63, 3.8) is 0 Å². The summed E-state index contributed by atoms with van der Waals surface area (Å²) in [6, 6.07) is 7.82. The van der Waals surface area contributed by atoms with Gasteiger partial charge in [0.25, 0.3) is 11.8 Å². The largest absolute Gasteiger partial charge is 0.322 e. The van der Waals surface area contributed by atoms with E-state index in [-0.39, 0.29) is 29.0 Å². The average molecular weight is 448 g/mol. The van der Waals surface area contributed by atoms with Crippen LogP contribution in [0.15, 0.2) is 46.7 Å². The molecule has 2 fully saturated rings. The lowest BCUT2D eigenvalue weighted by atomic mass is 10.1. The maximum Gasteiger partial charge on any atom is 0.264 e. The molecule has 3 amide bonds. The zero-order valence-electron chi connectivity index (χ0n) is 16.1. The molecule has 30 heavy (non-hydrogen) atoms. The number of hydrogen-bond donors (Lipinski definition) is 1. The number of imide groups is 1. The topological polar surface area (TPSA) is 118 Å². The van der Waals surface area contributed by atoms with Crippen molar-refractivity contribution in [1.82, 2.24) is 4.90 Å². The first-order valence-electron chi connectivity index (χ1n) is 9.63. The molecule has 0 bridgehead atoms. The van der Waals surface area contributed by atoms with Gasteiger partial charge in [-0.3, -0.25) is 14.4 Å². The first-order valence-corrected chi connectivity index (χ1v) is 12.1. The summed E-state index contributed by atoms with van der Waals surface area (Å²) in [7, 11) is -3.88. The van der Waals surface area contributed by atoms with Gasteiger partial charge >= 0.3 is 0 Å². The number of primary sulfonamides is 1. The fourth-order valence-corrected chi connectivity index (χ4v) is 5.34. The smallest absolute Gasteiger partial charge is 0.264 e. The van der Waals surface area contributed by atoms with Crippen LogP contribution in [0.3, 0.4) is 0 Å². The quantitative estimate of drug-likeness (QED) is 0.705. The molecule has 2 aromatic rings. The third-order valence-electron chi connectivity index (χ3n) is 5.57. The lowest BCUT2D eigenvalue weighted by Gasteiger charge is -2.32. The van der Waals surface area contributed by atoms with Crippen LogP contribution in [0.1, 0.15) is 41.8 Å². The van der Waals surface area contributed by atoms with Crippen molar-refractivity contribution in [3.05, 3.63) is 46.7 Å². The predicted octanol–water partition coefficient (Wildman–Crippen LogP) is 2.11. The number of carbonyl (C=O) groups is 3. The van der Waals surface area contributed by atoms with Crippen molar-refractivity contribution in [1.29, 1.82) is 0 Å². The van der Waals surface area contributed by atoms with Crippen LogP contribution < -0.4 is 10.0 Å². The zero-order chi connectivity index (χ0) is 21.5. The van der Waals surface area contributed by atoms with Crippen molar-refractivity contribution in [3.8, 4) is 0 Å². The van der Waals surface area contributed by atoms with Crippen LogP contribution >= 0.6 is 11.3 Å². The summed E-state index contributed by atoms with van der Waals surface area (Å²) in [6.07, 6.45) is 3.47. The molecule has 1 atom stereocenters. The molecule has 1 aromatic heterocycles. The highest BCUT2D eigenvalue weighted by Gasteiger charge is 2.47. The molecule has 0 spiro atoms. The second-order valence-electron chi connectivity index (χ2n) is 7.45. The van der Waals surface area contributed by atoms with Crippen LogP contribution in [-0.4, -0.2) is 43.1 Å². The zero-order valence-corrected chi connectivity index (χ0v) is 17.7. The number of anilines is 1. The SMILES string of the molecule is NS(=O)(=O)c1ccc(N2C(=O)CC(N(C(=O)c3cccs3)C3CCCC3)C2=O)cc1. The Labute approximate surface area is 178 Å². The molecule has 2 N–H and O–H groups in total. The third kappa shape index (κ3) is 3.78. The minimum absolute atomic E-state index is 0.0777. The van der Waals surface area contributed by atoms with Gasteiger partial charge in [0.2, 0.25) is 15.9 Å². The molecular formula is C20H21N3O5S2. The van der Waals surface area contributed by atoms with Crippen molar-refractivity contribution in [2.75, 3.05) is 4.90 Å². The van der Waals surface area contributed by atoms with Gasteiger partial charge in [-0.2, -0.15) is 0 Å². The van der Waals surface area contributed by atoms with Gasteiger partial charge in [-0.05, 0) is 48.6 Å². The van der Waals surface area contributed by atoms with Crippen LogP contribution in [0.25, 0.3) is 0 Å². The summed E-state index contributed by atoms with van der Waals surface area (Å²) in [5, 5.41) is 6.91. The molecule has 10 heteroatoms. The number of thiophene rings is 1. The Hall–Kier alpha value is -2.56. The Bertz CT molecular complexity index is 1070. The average Bonchev–Trinajstić information content (AvgIpc) is 3.45. The summed E-state index contributed by atoms with van der Waals surface area (Å²) in [6.45, 7) is 0. The van der Waals surface area contributed by atoms with Gasteiger partial charge < -0.3 is 4.90 Å². The summed E-state index contributed by atoms with van der Waals surface area (Å²) in [5.41, 5.74) is 0.259. The number of hydrogen-bond acceptors (Lipinski definition) is 6. The summed E-state index contributed by atoms with van der Waals surface area (Å²) >= 11 is 1.31. The standard InChI is InChI=1S/C20H21N3O5S2/c21-30(27,28)15-9-7-14(8-10-15)23-18(24)12-16(19(23)25)22(13-4-1-2-5-13)20(26)17-6-3-11-29-17/h3,6-11,13,16H,1-2,4-5,12H2,(H2,21,27,28). The van der Waals surface area contributed by atoms with Crippen LogP contribution in [0.5, 0.6) is 0 Å². The molecule has 1 saturated heterocycles. The van der Waals surface area contributed by atoms with Crippen molar-refractivity contribution < 1.29 is 22.8 Å². The van der Waals surface area contributed by atoms with Gasteiger partial charge in [0.1, 0.15) is 6.04 Å². The molecule has 1 saturated carbocycles. The van der Waals surface area contributed by atoms with E-state index >= 15 is 0 Å². The highest BCUT2D eigenvalue weighted by atomic mass is 32.2. The van der Waals surface area contributed by atoms with Gasteiger partial charge in [0, 0.05) is 6.04 Å². The van der Waals surface area contributed by atoms with E-state index < -0.39 is 27.9 Å². The van der Waals surface area contributed by atoms with E-state index in [1.807, 2.05) is 0 Å². The minimum Gasteiger partial charge on any atom is -0.322 e. The Balaban J connectivity index is 1.64. The number of nitrogens with two attached hydrogens (primary N) is 1. The fraction of sp³-hybridized carbons (Fsp3) is 0.350. The monoisotopic (exact) mass is 447 g/mol. The van der Waals surface area contributed by atoms with E-state index in [0.717, 1.165) is 30.6 Å². The first-order chi connectivity index (χ1) is 14.3. The molecular weight excluding hydrogens is 426 g/mol. The molecule has 2 heterocycles. The van der Waals surface area contributed by atoms with Crippen LogP contribution in [-0.2, 0) is 19.6 Å². The maximum atomic E-state index is 13.2. The number of nitrogens with zero attached hydrogens (tertiary/aromatic N) is 2. The molecule has 158 valence electrons. The second kappa shape index (κ2) is 7.93. The Morgan fingerprint density at radius 1 is 1.10 bits per heavy atom. The Kier molecular flexibility index (Phi) is 5.48. The fourth-order valence-electron chi connectivity index (χ4n) is 4.16. The maximum absolute atomic E-state index is 13.2. The van der Waals surface area contributed by atoms with E-state index in [1.54, 1.807) is 22.4 Å². The van der Waals surface area contributed by atoms with Gasteiger partial charge in [-0.25, -0.2) is 18.5 Å². The summed E-state index contributed by atoms with van der Waals surface area (Å²) in [4.78, 5) is 42.2. The lowest BCUT2D eigenvalue weighted by Crippen LogP contribution is -2.49. The van der Waals surface area contributed by atoms with Gasteiger partial charge in [0.15, 0.2) is 0 Å². The Morgan fingerprint density at radius 3 is 2.33 bits per heavy atom. The molecule has 1 aliphatic carbocycles. The molecule has 0 radical (unpaired) electrons. The van der Waals surface area contributed by atoms with E-state index in [9.17, 15) is 22.8 Å².